The van der Waals surface area contributed by atoms with Gasteiger partial charge in [0, 0.05) is 36.2 Å². The van der Waals surface area contributed by atoms with Crippen molar-refractivity contribution in [3.63, 3.8) is 0 Å². The lowest BCUT2D eigenvalue weighted by atomic mass is 10.1. The predicted octanol–water partition coefficient (Wildman–Crippen LogP) is 5.96. The van der Waals surface area contributed by atoms with E-state index < -0.39 is 0 Å². The van der Waals surface area contributed by atoms with Crippen LogP contribution in [0.15, 0.2) is 42.5 Å². The molecule has 1 atom stereocenters. The molecule has 4 nitrogen and oxygen atoms in total. The van der Waals surface area contributed by atoms with Crippen LogP contribution in [0.25, 0.3) is 0 Å². The molecule has 0 saturated heterocycles. The van der Waals surface area contributed by atoms with E-state index in [1.807, 2.05) is 18.2 Å². The maximum absolute atomic E-state index is 6.05. The van der Waals surface area contributed by atoms with Gasteiger partial charge < -0.3 is 14.8 Å². The van der Waals surface area contributed by atoms with E-state index in [2.05, 4.69) is 69.1 Å². The van der Waals surface area contributed by atoms with Crippen LogP contribution in [0.2, 0.25) is 5.02 Å². The van der Waals surface area contributed by atoms with Crippen molar-refractivity contribution in [2.45, 2.75) is 72.1 Å². The fourth-order valence-corrected chi connectivity index (χ4v) is 3.87. The van der Waals surface area contributed by atoms with Crippen molar-refractivity contribution in [1.29, 1.82) is 0 Å². The van der Waals surface area contributed by atoms with Crippen LogP contribution < -0.4 is 14.8 Å². The van der Waals surface area contributed by atoms with E-state index in [4.69, 9.17) is 21.1 Å². The van der Waals surface area contributed by atoms with E-state index in [1.165, 1.54) is 11.1 Å². The molecule has 0 amide bonds. The van der Waals surface area contributed by atoms with Gasteiger partial charge >= 0.3 is 0 Å². The second-order valence-corrected chi connectivity index (χ2v) is 9.14. The van der Waals surface area contributed by atoms with Crippen molar-refractivity contribution in [2.75, 3.05) is 20.3 Å². The number of benzene rings is 2. The molecular weight excluding hydrogens is 408 g/mol. The summed E-state index contributed by atoms with van der Waals surface area (Å²) in [6.45, 7) is 13.5. The molecule has 1 N–H and O–H groups in total. The third-order valence-corrected chi connectivity index (χ3v) is 5.85. The minimum Gasteiger partial charge on any atom is -0.493 e. The van der Waals surface area contributed by atoms with Gasteiger partial charge in [0.2, 0.25) is 0 Å². The van der Waals surface area contributed by atoms with Crippen LogP contribution >= 0.6 is 11.6 Å². The van der Waals surface area contributed by atoms with Gasteiger partial charge in [-0.1, -0.05) is 29.8 Å². The lowest BCUT2D eigenvalue weighted by molar-refractivity contribution is 0.140. The molecule has 2 aromatic carbocycles. The highest BCUT2D eigenvalue weighted by Crippen LogP contribution is 2.28. The number of ether oxygens (including phenoxy) is 2. The Morgan fingerprint density at radius 3 is 2.16 bits per heavy atom. The van der Waals surface area contributed by atoms with Crippen molar-refractivity contribution in [3.8, 4) is 11.5 Å². The number of rotatable bonds is 13. The Kier molecular flexibility index (Phi) is 10.7. The number of hydrogen-bond donors (Lipinski definition) is 1. The molecular formula is C26H39ClN2O2. The number of methoxy groups -OCH3 is 1. The molecule has 0 aliphatic carbocycles. The summed E-state index contributed by atoms with van der Waals surface area (Å²) >= 11 is 5.95. The van der Waals surface area contributed by atoms with Gasteiger partial charge in [0.1, 0.15) is 6.61 Å². The first-order chi connectivity index (χ1) is 14.8. The fourth-order valence-electron chi connectivity index (χ4n) is 3.74. The molecule has 0 aliphatic rings. The Labute approximate surface area is 193 Å². The second-order valence-electron chi connectivity index (χ2n) is 8.71. The molecule has 0 radical (unpaired) electrons. The highest BCUT2D eigenvalue weighted by atomic mass is 35.5. The molecule has 0 saturated carbocycles. The summed E-state index contributed by atoms with van der Waals surface area (Å²) < 4.78 is 11.6. The zero-order valence-corrected chi connectivity index (χ0v) is 20.7. The van der Waals surface area contributed by atoms with E-state index in [-0.39, 0.29) is 0 Å². The van der Waals surface area contributed by atoms with Crippen molar-refractivity contribution in [2.24, 2.45) is 0 Å². The standard InChI is InChI=1S/C26H39ClN2O2/c1-19(2)29(20(3)4)15-16-31-25-14-11-22(17-26(25)30-6)8-7-21(5)28-18-23-9-12-24(27)13-10-23/h9-14,17,19-21,28H,7-8,15-16,18H2,1-6H3/t21-/m1/s1. The van der Waals surface area contributed by atoms with Crippen LogP contribution in [-0.2, 0) is 13.0 Å². The summed E-state index contributed by atoms with van der Waals surface area (Å²) in [7, 11) is 1.71. The normalized spacial score (nSPS) is 12.6. The second kappa shape index (κ2) is 12.9. The molecule has 0 fully saturated rings. The first-order valence-electron chi connectivity index (χ1n) is 11.3. The van der Waals surface area contributed by atoms with Gasteiger partial charge in [0.05, 0.1) is 7.11 Å². The van der Waals surface area contributed by atoms with Crippen LogP contribution in [0.5, 0.6) is 11.5 Å². The van der Waals surface area contributed by atoms with Gasteiger partial charge in [-0.25, -0.2) is 0 Å². The summed E-state index contributed by atoms with van der Waals surface area (Å²) in [6.07, 6.45) is 2.04. The molecule has 0 aliphatic heterocycles. The highest BCUT2D eigenvalue weighted by molar-refractivity contribution is 6.30. The first-order valence-corrected chi connectivity index (χ1v) is 11.7. The third kappa shape index (κ3) is 8.72. The number of nitrogens with one attached hydrogen (secondary N) is 1. The Morgan fingerprint density at radius 2 is 1.55 bits per heavy atom. The smallest absolute Gasteiger partial charge is 0.161 e. The Morgan fingerprint density at radius 1 is 0.903 bits per heavy atom. The molecule has 0 aromatic heterocycles. The molecule has 0 heterocycles. The lowest BCUT2D eigenvalue weighted by Gasteiger charge is -2.30. The molecule has 31 heavy (non-hydrogen) atoms. The molecule has 2 aromatic rings. The minimum absolute atomic E-state index is 0.413. The van der Waals surface area contributed by atoms with Crippen molar-refractivity contribution >= 4 is 11.6 Å². The first kappa shape index (κ1) is 25.5. The Bertz CT molecular complexity index is 769. The number of hydrogen-bond acceptors (Lipinski definition) is 4. The van der Waals surface area contributed by atoms with Gasteiger partial charge in [0.25, 0.3) is 0 Å². The topological polar surface area (TPSA) is 33.7 Å². The van der Waals surface area contributed by atoms with Crippen molar-refractivity contribution < 1.29 is 9.47 Å². The van der Waals surface area contributed by atoms with E-state index in [0.29, 0.717) is 24.7 Å². The molecule has 0 spiro atoms. The number of aryl methyl sites for hydroxylation is 1. The average Bonchev–Trinajstić information content (AvgIpc) is 2.74. The molecule has 5 heteroatoms. The van der Waals surface area contributed by atoms with Crippen LogP contribution in [0.1, 0.15) is 52.2 Å². The summed E-state index contributed by atoms with van der Waals surface area (Å²) in [5, 5.41) is 4.35. The van der Waals surface area contributed by atoms with E-state index in [1.54, 1.807) is 7.11 Å². The van der Waals surface area contributed by atoms with Gasteiger partial charge in [-0.2, -0.15) is 0 Å². The molecule has 2 rings (SSSR count). The molecule has 0 unspecified atom stereocenters. The van der Waals surface area contributed by atoms with E-state index >= 15 is 0 Å². The summed E-state index contributed by atoms with van der Waals surface area (Å²) in [5.74, 6) is 1.62. The average molecular weight is 447 g/mol. The Balaban J connectivity index is 1.82. The zero-order chi connectivity index (χ0) is 22.8. The zero-order valence-electron chi connectivity index (χ0n) is 20.0. The minimum atomic E-state index is 0.413. The van der Waals surface area contributed by atoms with Crippen LogP contribution in [0, 0.1) is 0 Å². The van der Waals surface area contributed by atoms with Crippen LogP contribution in [0.3, 0.4) is 0 Å². The van der Waals surface area contributed by atoms with Gasteiger partial charge in [-0.05, 0) is 82.9 Å². The van der Waals surface area contributed by atoms with Crippen LogP contribution in [-0.4, -0.2) is 43.3 Å². The molecule has 172 valence electrons. The summed E-state index contributed by atoms with van der Waals surface area (Å²) in [4.78, 5) is 2.43. The maximum atomic E-state index is 6.05. The fraction of sp³-hybridized carbons (Fsp3) is 0.538. The van der Waals surface area contributed by atoms with Gasteiger partial charge in [-0.3, -0.25) is 4.90 Å². The van der Waals surface area contributed by atoms with Crippen LogP contribution in [0.4, 0.5) is 0 Å². The number of halogens is 1. The molecule has 0 bridgehead atoms. The summed E-state index contributed by atoms with van der Waals surface area (Å²) in [5.41, 5.74) is 2.50. The quantitative estimate of drug-likeness (QED) is 0.411. The maximum Gasteiger partial charge on any atom is 0.161 e. The third-order valence-electron chi connectivity index (χ3n) is 5.60. The van der Waals surface area contributed by atoms with Gasteiger partial charge in [0.15, 0.2) is 11.5 Å². The lowest BCUT2D eigenvalue weighted by Crippen LogP contribution is -2.39. The van der Waals surface area contributed by atoms with Crippen molar-refractivity contribution in [1.82, 2.24) is 10.2 Å². The summed E-state index contributed by atoms with van der Waals surface area (Å²) in [6, 6.07) is 15.7. The van der Waals surface area contributed by atoms with Gasteiger partial charge in [-0.15, -0.1) is 0 Å². The van der Waals surface area contributed by atoms with E-state index in [0.717, 1.165) is 42.5 Å². The van der Waals surface area contributed by atoms with Crippen molar-refractivity contribution in [3.05, 3.63) is 58.6 Å². The highest BCUT2D eigenvalue weighted by Gasteiger charge is 2.14. The predicted molar refractivity (Wildman–Crippen MR) is 132 cm³/mol. The Hall–Kier alpha value is -1.75. The SMILES string of the molecule is COc1cc(CC[C@@H](C)NCc2ccc(Cl)cc2)ccc1OCCN(C(C)C)C(C)C. The largest absolute Gasteiger partial charge is 0.493 e. The van der Waals surface area contributed by atoms with E-state index in [9.17, 15) is 0 Å². The monoisotopic (exact) mass is 446 g/mol. The number of nitrogens with zero attached hydrogens (tertiary/aromatic N) is 1.